The first-order valence-electron chi connectivity index (χ1n) is 3.49. The third-order valence-electron chi connectivity index (χ3n) is 1.46. The van der Waals surface area contributed by atoms with Crippen molar-refractivity contribution in [3.63, 3.8) is 0 Å². The molecule has 0 radical (unpaired) electrons. The van der Waals surface area contributed by atoms with Gasteiger partial charge in [-0.25, -0.2) is 18.4 Å². The maximum atomic E-state index is 11.1. The average Bonchev–Trinajstić information content (AvgIpc) is 2.45. The van der Waals surface area contributed by atoms with Crippen LogP contribution in [0.3, 0.4) is 0 Å². The molecule has 6 heteroatoms. The van der Waals surface area contributed by atoms with Crippen molar-refractivity contribution in [2.75, 3.05) is 6.26 Å². The summed E-state index contributed by atoms with van der Waals surface area (Å²) in [7, 11) is -3.20. The van der Waals surface area contributed by atoms with E-state index in [0.717, 1.165) is 22.3 Å². The predicted octanol–water partition coefficient (Wildman–Crippen LogP) is 1.09. The van der Waals surface area contributed by atoms with E-state index in [0.29, 0.717) is 5.65 Å². The van der Waals surface area contributed by atoms with Gasteiger partial charge in [-0.05, 0) is 12.1 Å². The van der Waals surface area contributed by atoms with E-state index in [1.54, 1.807) is 18.3 Å². The minimum Gasteiger partial charge on any atom is -0.236 e. The number of thiazole rings is 1. The van der Waals surface area contributed by atoms with Crippen LogP contribution in [0.1, 0.15) is 0 Å². The Morgan fingerprint density at radius 3 is 2.85 bits per heavy atom. The normalized spacial score (nSPS) is 12.1. The van der Waals surface area contributed by atoms with Crippen molar-refractivity contribution >= 4 is 31.5 Å². The van der Waals surface area contributed by atoms with Gasteiger partial charge in [0.25, 0.3) is 0 Å². The molecule has 0 aromatic carbocycles. The molecule has 0 bridgehead atoms. The minimum atomic E-state index is -3.20. The van der Waals surface area contributed by atoms with E-state index in [1.807, 2.05) is 0 Å². The molecule has 13 heavy (non-hydrogen) atoms. The summed E-state index contributed by atoms with van der Waals surface area (Å²) in [5.41, 5.74) is 0.493. The first-order valence-corrected chi connectivity index (χ1v) is 6.20. The molecule has 2 aromatic rings. The number of sulfone groups is 1. The van der Waals surface area contributed by atoms with Crippen LogP contribution in [0.15, 0.2) is 22.7 Å². The molecule has 0 aliphatic carbocycles. The highest BCUT2D eigenvalue weighted by atomic mass is 32.2. The number of hydrogen-bond acceptors (Lipinski definition) is 5. The van der Waals surface area contributed by atoms with Crippen molar-refractivity contribution < 1.29 is 8.42 Å². The second-order valence-corrected chi connectivity index (χ2v) is 5.80. The van der Waals surface area contributed by atoms with Gasteiger partial charge >= 0.3 is 0 Å². The van der Waals surface area contributed by atoms with Gasteiger partial charge in [-0.2, -0.15) is 0 Å². The third-order valence-corrected chi connectivity index (χ3v) is 4.15. The van der Waals surface area contributed by atoms with Crippen LogP contribution < -0.4 is 0 Å². The summed E-state index contributed by atoms with van der Waals surface area (Å²) in [6, 6.07) is 3.56. The van der Waals surface area contributed by atoms with E-state index in [1.165, 1.54) is 0 Å². The van der Waals surface area contributed by atoms with Crippen LogP contribution in [0.5, 0.6) is 0 Å². The Balaban J connectivity index is 2.77. The summed E-state index contributed by atoms with van der Waals surface area (Å²) >= 11 is 1.14. The molecule has 68 valence electrons. The fourth-order valence-corrected chi connectivity index (χ4v) is 2.69. The molecule has 0 N–H and O–H groups in total. The molecular formula is C7H6N2O2S2. The Morgan fingerprint density at radius 2 is 2.23 bits per heavy atom. The molecule has 4 nitrogen and oxygen atoms in total. The van der Waals surface area contributed by atoms with Gasteiger partial charge in [0.2, 0.25) is 14.2 Å². The fraction of sp³-hybridized carbons (Fsp3) is 0.143. The average molecular weight is 214 g/mol. The smallest absolute Gasteiger partial charge is 0.211 e. The van der Waals surface area contributed by atoms with E-state index >= 15 is 0 Å². The lowest BCUT2D eigenvalue weighted by Gasteiger charge is -1.84. The molecular weight excluding hydrogens is 208 g/mol. The first-order chi connectivity index (χ1) is 6.07. The molecule has 2 rings (SSSR count). The largest absolute Gasteiger partial charge is 0.236 e. The maximum absolute atomic E-state index is 11.1. The number of fused-ring (bicyclic) bond motifs is 1. The zero-order valence-corrected chi connectivity index (χ0v) is 8.39. The molecule has 0 spiro atoms. The number of pyridine rings is 1. The molecule has 0 aliphatic heterocycles. The summed E-state index contributed by atoms with van der Waals surface area (Å²) in [6.45, 7) is 0. The predicted molar refractivity (Wildman–Crippen MR) is 50.5 cm³/mol. The minimum absolute atomic E-state index is 0.126. The van der Waals surface area contributed by atoms with Crippen molar-refractivity contribution in [2.24, 2.45) is 0 Å². The van der Waals surface area contributed by atoms with Gasteiger partial charge < -0.3 is 0 Å². The second-order valence-electron chi connectivity index (χ2n) is 2.58. The molecule has 2 aromatic heterocycles. The van der Waals surface area contributed by atoms with Crippen LogP contribution in [0.2, 0.25) is 0 Å². The van der Waals surface area contributed by atoms with Crippen molar-refractivity contribution in [2.45, 2.75) is 4.34 Å². The second kappa shape index (κ2) is 2.74. The van der Waals surface area contributed by atoms with Gasteiger partial charge in [-0.1, -0.05) is 0 Å². The number of hydrogen-bond donors (Lipinski definition) is 0. The summed E-state index contributed by atoms with van der Waals surface area (Å²) in [6.07, 6.45) is 2.73. The van der Waals surface area contributed by atoms with Crippen molar-refractivity contribution in [3.05, 3.63) is 18.3 Å². The monoisotopic (exact) mass is 214 g/mol. The zero-order valence-electron chi connectivity index (χ0n) is 6.76. The quantitative estimate of drug-likeness (QED) is 0.713. The number of rotatable bonds is 1. The first kappa shape index (κ1) is 8.58. The highest BCUT2D eigenvalue weighted by Crippen LogP contribution is 2.22. The highest BCUT2D eigenvalue weighted by Gasteiger charge is 2.13. The van der Waals surface area contributed by atoms with E-state index in [9.17, 15) is 8.42 Å². The van der Waals surface area contributed by atoms with Crippen LogP contribution >= 0.6 is 11.3 Å². The lowest BCUT2D eigenvalue weighted by atomic mass is 10.5. The summed E-state index contributed by atoms with van der Waals surface area (Å²) in [5.74, 6) is 0. The maximum Gasteiger partial charge on any atom is 0.211 e. The van der Waals surface area contributed by atoms with E-state index in [-0.39, 0.29) is 4.34 Å². The van der Waals surface area contributed by atoms with Gasteiger partial charge in [-0.3, -0.25) is 0 Å². The zero-order chi connectivity index (χ0) is 9.47. The van der Waals surface area contributed by atoms with Crippen LogP contribution in [0, 0.1) is 0 Å². The number of aromatic nitrogens is 2. The van der Waals surface area contributed by atoms with Crippen molar-refractivity contribution in [1.82, 2.24) is 9.97 Å². The summed E-state index contributed by atoms with van der Waals surface area (Å²) in [5, 5.41) is 0. The molecule has 0 aliphatic rings. The topological polar surface area (TPSA) is 59.9 Å². The summed E-state index contributed by atoms with van der Waals surface area (Å²) < 4.78 is 23.2. The Kier molecular flexibility index (Phi) is 1.81. The van der Waals surface area contributed by atoms with Gasteiger partial charge in [-0.15, -0.1) is 11.3 Å². The van der Waals surface area contributed by atoms with E-state index in [2.05, 4.69) is 9.97 Å². The molecule has 0 atom stereocenters. The molecule has 0 fully saturated rings. The fourth-order valence-electron chi connectivity index (χ4n) is 0.908. The molecule has 0 saturated carbocycles. The van der Waals surface area contributed by atoms with Crippen LogP contribution in [0.25, 0.3) is 10.3 Å². The Labute approximate surface area is 79.2 Å². The van der Waals surface area contributed by atoms with Crippen LogP contribution in [0.4, 0.5) is 0 Å². The molecule has 0 amide bonds. The van der Waals surface area contributed by atoms with Gasteiger partial charge in [0.1, 0.15) is 0 Å². The molecule has 2 heterocycles. The SMILES string of the molecule is CS(=O)(=O)c1nc2ncccc2s1. The van der Waals surface area contributed by atoms with Gasteiger partial charge in [0.15, 0.2) is 5.65 Å². The van der Waals surface area contributed by atoms with Crippen LogP contribution in [-0.2, 0) is 9.84 Å². The number of nitrogens with zero attached hydrogens (tertiary/aromatic N) is 2. The Hall–Kier alpha value is -1.01. The van der Waals surface area contributed by atoms with E-state index in [4.69, 9.17) is 0 Å². The Morgan fingerprint density at radius 1 is 1.46 bits per heavy atom. The lowest BCUT2D eigenvalue weighted by molar-refractivity contribution is 0.601. The third kappa shape index (κ3) is 1.54. The highest BCUT2D eigenvalue weighted by molar-refractivity contribution is 7.92. The Bertz CT molecular complexity index is 511. The van der Waals surface area contributed by atoms with Crippen molar-refractivity contribution in [1.29, 1.82) is 0 Å². The van der Waals surface area contributed by atoms with Gasteiger partial charge in [0.05, 0.1) is 4.70 Å². The van der Waals surface area contributed by atoms with Crippen LogP contribution in [-0.4, -0.2) is 24.6 Å². The standard InChI is InChI=1S/C7H6N2O2S2/c1-13(10,11)7-9-6-5(12-7)3-2-4-8-6/h2-4H,1H3. The molecule has 0 saturated heterocycles. The van der Waals surface area contributed by atoms with E-state index < -0.39 is 9.84 Å². The summed E-state index contributed by atoms with van der Waals surface area (Å²) in [4.78, 5) is 7.85. The molecule has 0 unspecified atom stereocenters. The van der Waals surface area contributed by atoms with Gasteiger partial charge in [0, 0.05) is 12.5 Å². The lowest BCUT2D eigenvalue weighted by Crippen LogP contribution is -1.94. The van der Waals surface area contributed by atoms with Crippen molar-refractivity contribution in [3.8, 4) is 0 Å².